The number of carbonyl (C=O) groups is 1. The molecule has 3 aliphatic rings. The van der Waals surface area contributed by atoms with E-state index in [0.717, 1.165) is 55.7 Å². The molecular weight excluding hydrogens is 266 g/mol. The fourth-order valence-corrected chi connectivity index (χ4v) is 3.96. The Hall–Kier alpha value is -1.71. The molecule has 1 saturated heterocycles. The first-order valence-corrected chi connectivity index (χ1v) is 7.69. The van der Waals surface area contributed by atoms with Crippen LogP contribution in [0.4, 0.5) is 0 Å². The Morgan fingerprint density at radius 3 is 2.95 bits per heavy atom. The molecule has 114 valence electrons. The summed E-state index contributed by atoms with van der Waals surface area (Å²) in [6, 6.07) is 0. The zero-order valence-corrected chi connectivity index (χ0v) is 12.8. The van der Waals surface area contributed by atoms with Crippen molar-refractivity contribution in [3.8, 4) is 0 Å². The van der Waals surface area contributed by atoms with Crippen LogP contribution in [0.25, 0.3) is 0 Å². The van der Waals surface area contributed by atoms with Crippen molar-refractivity contribution in [2.45, 2.75) is 32.1 Å². The van der Waals surface area contributed by atoms with E-state index < -0.39 is 0 Å². The molecule has 0 amide bonds. The Bertz CT molecular complexity index is 532. The summed E-state index contributed by atoms with van der Waals surface area (Å²) < 4.78 is 10.3. The normalized spacial score (nSPS) is 31.3. The van der Waals surface area contributed by atoms with Gasteiger partial charge in [-0.25, -0.2) is 4.79 Å². The van der Waals surface area contributed by atoms with Crippen LogP contribution >= 0.6 is 0 Å². The maximum Gasteiger partial charge on any atom is 0.335 e. The molecule has 0 bridgehead atoms. The number of hydrogen-bond acceptors (Lipinski definition) is 4. The van der Waals surface area contributed by atoms with Crippen LogP contribution in [0, 0.1) is 11.3 Å². The van der Waals surface area contributed by atoms with Gasteiger partial charge >= 0.3 is 5.97 Å². The maximum atomic E-state index is 12.0. The van der Waals surface area contributed by atoms with Gasteiger partial charge in [-0.2, -0.15) is 0 Å². The molecule has 0 aromatic rings. The first-order chi connectivity index (χ1) is 10.2. The Kier molecular flexibility index (Phi) is 3.79. The molecule has 2 aliphatic carbocycles. The second-order valence-electron chi connectivity index (χ2n) is 6.09. The van der Waals surface area contributed by atoms with Crippen LogP contribution < -0.4 is 5.32 Å². The van der Waals surface area contributed by atoms with Gasteiger partial charge in [0.1, 0.15) is 5.76 Å². The molecule has 4 nitrogen and oxygen atoms in total. The number of esters is 1. The molecule has 1 N–H and O–H groups in total. The maximum absolute atomic E-state index is 12.0. The van der Waals surface area contributed by atoms with Crippen molar-refractivity contribution in [2.75, 3.05) is 20.8 Å². The average Bonchev–Trinajstić information content (AvgIpc) is 2.55. The van der Waals surface area contributed by atoms with Crippen LogP contribution in [0.3, 0.4) is 0 Å². The predicted octanol–water partition coefficient (Wildman–Crippen LogP) is 2.68. The van der Waals surface area contributed by atoms with Crippen LogP contribution in [0.15, 0.2) is 35.3 Å². The van der Waals surface area contributed by atoms with E-state index >= 15 is 0 Å². The third kappa shape index (κ3) is 2.37. The van der Waals surface area contributed by atoms with E-state index in [1.54, 1.807) is 7.11 Å². The molecule has 4 heteroatoms. The van der Waals surface area contributed by atoms with Gasteiger partial charge in [0.25, 0.3) is 0 Å². The standard InChI is InChI=1S/C17H23NO3/c1-20-12-5-8-17(9-6-12)10-7-13(16(19)21-2)15-14(17)4-3-11-18-15/h5-6,8,14,18H,3-4,7,9-11H2,1-2H3/t14-,17+/m1/s1. The molecule has 0 aromatic carbocycles. The summed E-state index contributed by atoms with van der Waals surface area (Å²) >= 11 is 0. The lowest BCUT2D eigenvalue weighted by atomic mass is 9.60. The lowest BCUT2D eigenvalue weighted by Crippen LogP contribution is -2.43. The number of fused-ring (bicyclic) bond motifs is 2. The van der Waals surface area contributed by atoms with Gasteiger partial charge in [0.15, 0.2) is 0 Å². The first kappa shape index (κ1) is 14.2. The third-order valence-electron chi connectivity index (χ3n) is 5.12. The molecule has 0 radical (unpaired) electrons. The summed E-state index contributed by atoms with van der Waals surface area (Å²) in [4.78, 5) is 12.0. The summed E-state index contributed by atoms with van der Waals surface area (Å²) in [6.07, 6.45) is 11.6. The highest BCUT2D eigenvalue weighted by Crippen LogP contribution is 2.52. The van der Waals surface area contributed by atoms with Gasteiger partial charge in [0.2, 0.25) is 0 Å². The smallest absolute Gasteiger partial charge is 0.335 e. The molecule has 3 rings (SSSR count). The van der Waals surface area contributed by atoms with E-state index in [1.807, 2.05) is 0 Å². The van der Waals surface area contributed by atoms with E-state index in [-0.39, 0.29) is 11.4 Å². The van der Waals surface area contributed by atoms with Crippen molar-refractivity contribution in [3.63, 3.8) is 0 Å². The molecule has 1 fully saturated rings. The van der Waals surface area contributed by atoms with Crippen molar-refractivity contribution in [1.29, 1.82) is 0 Å². The average molecular weight is 289 g/mol. The van der Waals surface area contributed by atoms with Crippen molar-refractivity contribution in [2.24, 2.45) is 11.3 Å². The highest BCUT2D eigenvalue weighted by molar-refractivity contribution is 5.89. The molecule has 1 aliphatic heterocycles. The fraction of sp³-hybridized carbons (Fsp3) is 0.588. The molecule has 1 spiro atoms. The van der Waals surface area contributed by atoms with Gasteiger partial charge in [-0.05, 0) is 44.3 Å². The Labute approximate surface area is 125 Å². The third-order valence-corrected chi connectivity index (χ3v) is 5.12. The molecule has 21 heavy (non-hydrogen) atoms. The Morgan fingerprint density at radius 1 is 1.43 bits per heavy atom. The highest BCUT2D eigenvalue weighted by Gasteiger charge is 2.45. The van der Waals surface area contributed by atoms with Crippen molar-refractivity contribution in [3.05, 3.63) is 35.3 Å². The van der Waals surface area contributed by atoms with E-state index in [0.29, 0.717) is 5.92 Å². The van der Waals surface area contributed by atoms with Crippen molar-refractivity contribution >= 4 is 5.97 Å². The minimum absolute atomic E-state index is 0.127. The number of nitrogens with one attached hydrogen (secondary N) is 1. The van der Waals surface area contributed by atoms with Gasteiger partial charge < -0.3 is 14.8 Å². The van der Waals surface area contributed by atoms with E-state index in [9.17, 15) is 4.79 Å². The van der Waals surface area contributed by atoms with Crippen LogP contribution in [0.2, 0.25) is 0 Å². The van der Waals surface area contributed by atoms with Crippen LogP contribution in [-0.4, -0.2) is 26.7 Å². The first-order valence-electron chi connectivity index (χ1n) is 7.69. The SMILES string of the molecule is COC(=O)C1=C2NCCC[C@H]2[C@]2(C=CC(OC)=CC2)CC1. The molecule has 0 aromatic heterocycles. The number of piperidine rings is 1. The number of carbonyl (C=O) groups excluding carboxylic acids is 1. The van der Waals surface area contributed by atoms with Gasteiger partial charge in [0.05, 0.1) is 19.8 Å². The molecular formula is C17H23NO3. The van der Waals surface area contributed by atoms with Crippen LogP contribution in [0.1, 0.15) is 32.1 Å². The Balaban J connectivity index is 1.94. The minimum Gasteiger partial charge on any atom is -0.497 e. The monoisotopic (exact) mass is 289 g/mol. The van der Waals surface area contributed by atoms with E-state index in [2.05, 4.69) is 23.5 Å². The summed E-state index contributed by atoms with van der Waals surface area (Å²) in [5.41, 5.74) is 2.10. The van der Waals surface area contributed by atoms with Gasteiger partial charge in [-0.15, -0.1) is 0 Å². The number of methoxy groups -OCH3 is 2. The number of rotatable bonds is 2. The molecule has 0 unspecified atom stereocenters. The fourth-order valence-electron chi connectivity index (χ4n) is 3.96. The number of ether oxygens (including phenoxy) is 2. The summed E-state index contributed by atoms with van der Waals surface area (Å²) in [7, 11) is 3.17. The van der Waals surface area contributed by atoms with Crippen LogP contribution in [-0.2, 0) is 14.3 Å². The number of allylic oxidation sites excluding steroid dienone is 4. The topological polar surface area (TPSA) is 47.6 Å². The molecule has 0 saturated carbocycles. The zero-order chi connectivity index (χ0) is 14.9. The lowest BCUT2D eigenvalue weighted by Gasteiger charge is -2.47. The number of hydrogen-bond donors (Lipinski definition) is 1. The van der Waals surface area contributed by atoms with Gasteiger partial charge in [-0.1, -0.05) is 6.08 Å². The Morgan fingerprint density at radius 2 is 2.29 bits per heavy atom. The van der Waals surface area contributed by atoms with Crippen LogP contribution in [0.5, 0.6) is 0 Å². The minimum atomic E-state index is -0.174. The largest absolute Gasteiger partial charge is 0.497 e. The van der Waals surface area contributed by atoms with Gasteiger partial charge in [-0.3, -0.25) is 0 Å². The summed E-state index contributed by atoms with van der Waals surface area (Å²) in [6.45, 7) is 0.950. The van der Waals surface area contributed by atoms with Crippen molar-refractivity contribution in [1.82, 2.24) is 5.32 Å². The molecule has 2 atom stereocenters. The second-order valence-corrected chi connectivity index (χ2v) is 6.09. The van der Waals surface area contributed by atoms with Gasteiger partial charge in [0, 0.05) is 23.6 Å². The second kappa shape index (κ2) is 5.58. The highest BCUT2D eigenvalue weighted by atomic mass is 16.5. The predicted molar refractivity (Wildman–Crippen MR) is 80.3 cm³/mol. The van der Waals surface area contributed by atoms with Crippen molar-refractivity contribution < 1.29 is 14.3 Å². The quantitative estimate of drug-likeness (QED) is 0.794. The summed E-state index contributed by atoms with van der Waals surface area (Å²) in [5, 5.41) is 3.48. The van der Waals surface area contributed by atoms with E-state index in [4.69, 9.17) is 9.47 Å². The van der Waals surface area contributed by atoms with E-state index in [1.165, 1.54) is 7.11 Å². The lowest BCUT2D eigenvalue weighted by molar-refractivity contribution is -0.136. The summed E-state index contributed by atoms with van der Waals surface area (Å²) in [5.74, 6) is 1.15. The molecule has 1 heterocycles. The zero-order valence-electron chi connectivity index (χ0n) is 12.8.